The molecular formula is C18H18NiO6S2. The van der Waals surface area contributed by atoms with Crippen LogP contribution in [0.1, 0.15) is 11.1 Å². The van der Waals surface area contributed by atoms with Crippen LogP contribution in [-0.4, -0.2) is 25.9 Å². The second kappa shape index (κ2) is 11.2. The van der Waals surface area contributed by atoms with E-state index in [1.165, 1.54) is 24.3 Å². The van der Waals surface area contributed by atoms with Crippen LogP contribution >= 0.6 is 0 Å². The van der Waals surface area contributed by atoms with E-state index >= 15 is 0 Å². The molecule has 148 valence electrons. The maximum absolute atomic E-state index is 10.7. The Labute approximate surface area is 170 Å². The monoisotopic (exact) mass is 452 g/mol. The summed E-state index contributed by atoms with van der Waals surface area (Å²) in [5.41, 5.74) is 0.986. The zero-order valence-electron chi connectivity index (χ0n) is 14.2. The minimum Gasteiger partial charge on any atom is -0.744 e. The molecule has 0 amide bonds. The van der Waals surface area contributed by atoms with Crippen LogP contribution in [0.2, 0.25) is 0 Å². The smallest absolute Gasteiger partial charge is 0.744 e. The van der Waals surface area contributed by atoms with Gasteiger partial charge >= 0.3 is 16.5 Å². The molecule has 27 heavy (non-hydrogen) atoms. The standard InChI is InChI=1S/2C9H10O3S.Ni/c2*1-2-5-8-6-3-4-7-9(8)13(10,11)12;/h2*2-4,6-7H,1,5H2,(H,10,11,12);/q;;+2/p-2. The van der Waals surface area contributed by atoms with Crippen molar-refractivity contribution in [2.24, 2.45) is 0 Å². The molecule has 2 aromatic rings. The van der Waals surface area contributed by atoms with Gasteiger partial charge in [0.05, 0.1) is 9.79 Å². The van der Waals surface area contributed by atoms with Crippen molar-refractivity contribution < 1.29 is 42.4 Å². The van der Waals surface area contributed by atoms with E-state index in [-0.39, 0.29) is 26.3 Å². The summed E-state index contributed by atoms with van der Waals surface area (Å²) in [6.07, 6.45) is 3.89. The van der Waals surface area contributed by atoms with Crippen molar-refractivity contribution in [2.45, 2.75) is 22.6 Å². The van der Waals surface area contributed by atoms with Crippen molar-refractivity contribution in [3.05, 3.63) is 85.0 Å². The van der Waals surface area contributed by atoms with Crippen molar-refractivity contribution in [1.29, 1.82) is 0 Å². The Morgan fingerprint density at radius 1 is 0.704 bits per heavy atom. The summed E-state index contributed by atoms with van der Waals surface area (Å²) in [4.78, 5) is -0.315. The van der Waals surface area contributed by atoms with Gasteiger partial charge in [-0.05, 0) is 36.1 Å². The molecule has 0 atom stereocenters. The predicted octanol–water partition coefficient (Wildman–Crippen LogP) is 2.64. The van der Waals surface area contributed by atoms with Crippen LogP contribution in [0.5, 0.6) is 0 Å². The van der Waals surface area contributed by atoms with Crippen molar-refractivity contribution >= 4 is 20.2 Å². The third-order valence-electron chi connectivity index (χ3n) is 3.21. The van der Waals surface area contributed by atoms with Gasteiger partial charge in [-0.3, -0.25) is 0 Å². The molecule has 0 fully saturated rings. The molecule has 6 nitrogen and oxygen atoms in total. The summed E-state index contributed by atoms with van der Waals surface area (Å²) in [5, 5.41) is 0. The fourth-order valence-corrected chi connectivity index (χ4v) is 3.58. The fraction of sp³-hybridized carbons (Fsp3) is 0.111. The Hall–Kier alpha value is -1.77. The average Bonchev–Trinajstić information content (AvgIpc) is 2.55. The first-order valence-electron chi connectivity index (χ1n) is 7.40. The molecule has 0 bridgehead atoms. The van der Waals surface area contributed by atoms with Gasteiger partial charge in [0.1, 0.15) is 20.2 Å². The van der Waals surface area contributed by atoms with Crippen molar-refractivity contribution in [3.63, 3.8) is 0 Å². The van der Waals surface area contributed by atoms with Crippen LogP contribution in [0.25, 0.3) is 0 Å². The zero-order valence-corrected chi connectivity index (χ0v) is 16.8. The maximum atomic E-state index is 10.7. The molecule has 0 N–H and O–H groups in total. The van der Waals surface area contributed by atoms with Gasteiger partial charge < -0.3 is 9.11 Å². The van der Waals surface area contributed by atoms with Crippen LogP contribution in [0.4, 0.5) is 0 Å². The molecule has 0 aliphatic carbocycles. The molecule has 0 spiro atoms. The number of hydrogen-bond acceptors (Lipinski definition) is 6. The Bertz CT molecular complexity index is 901. The predicted molar refractivity (Wildman–Crippen MR) is 96.6 cm³/mol. The summed E-state index contributed by atoms with van der Waals surface area (Å²) >= 11 is 0. The minimum atomic E-state index is -4.35. The number of benzene rings is 2. The first-order chi connectivity index (χ1) is 12.1. The first-order valence-corrected chi connectivity index (χ1v) is 10.2. The van der Waals surface area contributed by atoms with E-state index < -0.39 is 20.2 Å². The van der Waals surface area contributed by atoms with Gasteiger partial charge in [-0.25, -0.2) is 16.8 Å². The van der Waals surface area contributed by atoms with E-state index in [1.807, 2.05) is 0 Å². The van der Waals surface area contributed by atoms with Gasteiger partial charge in [0.2, 0.25) is 0 Å². The topological polar surface area (TPSA) is 114 Å². The zero-order chi connectivity index (χ0) is 19.8. The molecule has 0 saturated heterocycles. The van der Waals surface area contributed by atoms with Crippen molar-refractivity contribution in [2.75, 3.05) is 0 Å². The first kappa shape index (κ1) is 25.2. The second-order valence-corrected chi connectivity index (χ2v) is 7.81. The summed E-state index contributed by atoms with van der Waals surface area (Å²) < 4.78 is 64.4. The molecular weight excluding hydrogens is 435 g/mol. The number of hydrogen-bond donors (Lipinski definition) is 0. The molecule has 0 aliphatic heterocycles. The molecule has 0 radical (unpaired) electrons. The van der Waals surface area contributed by atoms with Crippen LogP contribution in [0, 0.1) is 0 Å². The third-order valence-corrected chi connectivity index (χ3v) is 5.09. The molecule has 0 saturated carbocycles. The SMILES string of the molecule is C=CCc1ccccc1S(=O)(=O)[O-].C=CCc1ccccc1S(=O)(=O)[O-].[Ni+2]. The van der Waals surface area contributed by atoms with E-state index in [0.717, 1.165) is 0 Å². The van der Waals surface area contributed by atoms with Gasteiger partial charge in [-0.2, -0.15) is 0 Å². The van der Waals surface area contributed by atoms with Crippen LogP contribution < -0.4 is 0 Å². The van der Waals surface area contributed by atoms with Gasteiger partial charge in [-0.1, -0.05) is 48.6 Å². The van der Waals surface area contributed by atoms with Gasteiger partial charge in [-0.15, -0.1) is 13.2 Å². The quantitative estimate of drug-likeness (QED) is 0.378. The normalized spacial score (nSPS) is 10.7. The maximum Gasteiger partial charge on any atom is 2.00 e. The van der Waals surface area contributed by atoms with Crippen molar-refractivity contribution in [1.82, 2.24) is 0 Å². The Morgan fingerprint density at radius 3 is 1.26 bits per heavy atom. The summed E-state index contributed by atoms with van der Waals surface area (Å²) in [5.74, 6) is 0. The van der Waals surface area contributed by atoms with E-state index in [1.54, 1.807) is 36.4 Å². The van der Waals surface area contributed by atoms with E-state index in [2.05, 4.69) is 13.2 Å². The molecule has 0 unspecified atom stereocenters. The molecule has 9 heteroatoms. The number of rotatable bonds is 6. The Balaban J connectivity index is 0.000000483. The van der Waals surface area contributed by atoms with Crippen LogP contribution in [-0.2, 0) is 49.6 Å². The van der Waals surface area contributed by atoms with Gasteiger partial charge in [0, 0.05) is 0 Å². The van der Waals surface area contributed by atoms with Gasteiger partial charge in [0.15, 0.2) is 0 Å². The number of allylic oxidation sites excluding steroid dienone is 2. The van der Waals surface area contributed by atoms with Crippen molar-refractivity contribution in [3.8, 4) is 0 Å². The summed E-state index contributed by atoms with van der Waals surface area (Å²) in [6, 6.07) is 12.2. The van der Waals surface area contributed by atoms with E-state index in [0.29, 0.717) is 24.0 Å². The van der Waals surface area contributed by atoms with E-state index in [9.17, 15) is 25.9 Å². The van der Waals surface area contributed by atoms with E-state index in [4.69, 9.17) is 0 Å². The largest absolute Gasteiger partial charge is 2.00 e. The summed E-state index contributed by atoms with van der Waals surface area (Å²) in [7, 11) is -8.71. The van der Waals surface area contributed by atoms with Crippen LogP contribution in [0.15, 0.2) is 83.6 Å². The fourth-order valence-electron chi connectivity index (χ4n) is 2.14. The summed E-state index contributed by atoms with van der Waals surface area (Å²) in [6.45, 7) is 6.96. The molecule has 0 aliphatic rings. The molecule has 2 rings (SSSR count). The minimum absolute atomic E-state index is 0. The van der Waals surface area contributed by atoms with Crippen LogP contribution in [0.3, 0.4) is 0 Å². The average molecular weight is 453 g/mol. The molecule has 0 heterocycles. The van der Waals surface area contributed by atoms with Gasteiger partial charge in [0.25, 0.3) is 0 Å². The molecule has 2 aromatic carbocycles. The third kappa shape index (κ3) is 8.19. The Morgan fingerprint density at radius 2 is 1.00 bits per heavy atom. The Kier molecular flexibility index (Phi) is 10.4. The molecule has 0 aromatic heterocycles. The second-order valence-electron chi connectivity index (χ2n) is 5.11.